The zero-order valence-corrected chi connectivity index (χ0v) is 18.9. The van der Waals surface area contributed by atoms with Crippen LogP contribution in [-0.4, -0.2) is 73.0 Å². The fourth-order valence-corrected chi connectivity index (χ4v) is 7.24. The van der Waals surface area contributed by atoms with Gasteiger partial charge in [0.05, 0.1) is 5.69 Å². The molecule has 11 heteroatoms. The van der Waals surface area contributed by atoms with Gasteiger partial charge >= 0.3 is 0 Å². The summed E-state index contributed by atoms with van der Waals surface area (Å²) in [4.78, 5) is 20.4. The van der Waals surface area contributed by atoms with Gasteiger partial charge in [0, 0.05) is 62.7 Å². The van der Waals surface area contributed by atoms with Gasteiger partial charge in [0.25, 0.3) is 5.91 Å². The maximum atomic E-state index is 13.4. The lowest BCUT2D eigenvalue weighted by Crippen LogP contribution is -2.62. The number of sulfonamides is 1. The van der Waals surface area contributed by atoms with Gasteiger partial charge < -0.3 is 9.64 Å². The molecule has 1 amide bonds. The Kier molecular flexibility index (Phi) is 6.31. The van der Waals surface area contributed by atoms with Gasteiger partial charge in [-0.2, -0.15) is 4.31 Å². The van der Waals surface area contributed by atoms with Crippen molar-refractivity contribution >= 4 is 32.4 Å². The number of hydrogen-bond acceptors (Lipinski definition) is 8. The van der Waals surface area contributed by atoms with E-state index in [0.717, 1.165) is 21.3 Å². The fraction of sp³-hybridized carbons (Fsp3) is 0.500. The van der Waals surface area contributed by atoms with Crippen LogP contribution in [0.1, 0.15) is 17.7 Å². The van der Waals surface area contributed by atoms with Crippen molar-refractivity contribution in [1.82, 2.24) is 14.8 Å². The van der Waals surface area contributed by atoms with Crippen molar-refractivity contribution < 1.29 is 23.2 Å². The Balaban J connectivity index is 1.50. The summed E-state index contributed by atoms with van der Waals surface area (Å²) in [7, 11) is -3.97. The second-order valence-corrected chi connectivity index (χ2v) is 11.1. The fourth-order valence-electron chi connectivity index (χ4n) is 4.15. The number of hydrogen-bond donors (Lipinski definition) is 2. The largest absolute Gasteiger partial charge is 0.381 e. The van der Waals surface area contributed by atoms with Gasteiger partial charge in [-0.05, 0) is 6.92 Å². The smallest absolute Gasteiger partial charge is 0.266 e. The second-order valence-electron chi connectivity index (χ2n) is 7.71. The average Bonchev–Trinajstić information content (AvgIpc) is 3.21. The van der Waals surface area contributed by atoms with E-state index in [0.29, 0.717) is 13.1 Å². The predicted molar refractivity (Wildman–Crippen MR) is 118 cm³/mol. The number of piperazine rings is 1. The number of nitrogens with zero attached hydrogens (tertiary/aromatic N) is 3. The molecule has 168 valence electrons. The average molecular weight is 467 g/mol. The number of anilines is 1. The molecule has 0 spiro atoms. The van der Waals surface area contributed by atoms with Gasteiger partial charge in [-0.1, -0.05) is 30.3 Å². The number of carbonyl (C=O) groups excluding carboxylic acids is 1. The van der Waals surface area contributed by atoms with Crippen LogP contribution in [0.4, 0.5) is 5.13 Å². The third kappa shape index (κ3) is 3.96. The molecule has 2 N–H and O–H groups in total. The molecule has 3 heterocycles. The van der Waals surface area contributed by atoms with Gasteiger partial charge in [0.1, 0.15) is 0 Å². The Bertz CT molecular complexity index is 1030. The molecule has 1 aromatic carbocycles. The number of hydroxylamine groups is 1. The Morgan fingerprint density at radius 1 is 1.16 bits per heavy atom. The standard InChI is InChI=1S/C20H26N4O5S2/c1-15-17(16-5-3-2-4-6-16)21-19(30-15)23-9-11-24(12-10-23)31(27,28)20(18(25)22-26)7-13-29-14-8-20/h2-6,26H,7-14H2,1H3,(H,22,25). The molecule has 0 bridgehead atoms. The van der Waals surface area contributed by atoms with Crippen molar-refractivity contribution in [3.8, 4) is 11.3 Å². The van der Waals surface area contributed by atoms with Crippen LogP contribution in [0.2, 0.25) is 0 Å². The molecule has 2 saturated heterocycles. The van der Waals surface area contributed by atoms with E-state index < -0.39 is 20.7 Å². The van der Waals surface area contributed by atoms with Crippen LogP contribution in [-0.2, 0) is 19.6 Å². The summed E-state index contributed by atoms with van der Waals surface area (Å²) in [6.07, 6.45) is 0.0438. The van der Waals surface area contributed by atoms with Crippen LogP contribution < -0.4 is 10.4 Å². The van der Waals surface area contributed by atoms with E-state index >= 15 is 0 Å². The van der Waals surface area contributed by atoms with Crippen molar-refractivity contribution in [1.29, 1.82) is 0 Å². The number of aryl methyl sites for hydroxylation is 1. The molecular weight excluding hydrogens is 440 g/mol. The lowest BCUT2D eigenvalue weighted by molar-refractivity contribution is -0.134. The minimum Gasteiger partial charge on any atom is -0.381 e. The number of nitrogens with one attached hydrogen (secondary N) is 1. The number of ether oxygens (including phenoxy) is 1. The molecule has 0 radical (unpaired) electrons. The van der Waals surface area contributed by atoms with E-state index in [1.807, 2.05) is 37.3 Å². The van der Waals surface area contributed by atoms with Crippen molar-refractivity contribution in [2.24, 2.45) is 0 Å². The summed E-state index contributed by atoms with van der Waals surface area (Å²) in [5, 5.41) is 10.1. The molecular formula is C20H26N4O5S2. The normalized spacial score (nSPS) is 19.9. The number of aromatic nitrogens is 1. The highest BCUT2D eigenvalue weighted by Crippen LogP contribution is 2.35. The Hall–Kier alpha value is -2.05. The van der Waals surface area contributed by atoms with Gasteiger partial charge in [-0.15, -0.1) is 11.3 Å². The van der Waals surface area contributed by atoms with Crippen molar-refractivity contribution in [2.75, 3.05) is 44.3 Å². The first kappa shape index (κ1) is 22.2. The summed E-state index contributed by atoms with van der Waals surface area (Å²) in [5.41, 5.74) is 3.56. The SMILES string of the molecule is Cc1sc(N2CCN(S(=O)(=O)C3(C(=O)NO)CCOCC3)CC2)nc1-c1ccccc1. The highest BCUT2D eigenvalue weighted by molar-refractivity contribution is 7.91. The van der Waals surface area contributed by atoms with Crippen LogP contribution in [0.5, 0.6) is 0 Å². The maximum Gasteiger partial charge on any atom is 0.266 e. The number of benzene rings is 1. The van der Waals surface area contributed by atoms with Crippen molar-refractivity contribution in [2.45, 2.75) is 24.5 Å². The molecule has 1 aromatic heterocycles. The van der Waals surface area contributed by atoms with Gasteiger partial charge in [0.15, 0.2) is 9.88 Å². The Morgan fingerprint density at radius 2 is 1.81 bits per heavy atom. The first-order chi connectivity index (χ1) is 14.9. The van der Waals surface area contributed by atoms with Crippen LogP contribution in [0.15, 0.2) is 30.3 Å². The molecule has 0 aliphatic carbocycles. The van der Waals surface area contributed by atoms with E-state index in [-0.39, 0.29) is 39.1 Å². The molecule has 2 aliphatic heterocycles. The van der Waals surface area contributed by atoms with Gasteiger partial charge in [0.2, 0.25) is 10.0 Å². The van der Waals surface area contributed by atoms with E-state index in [2.05, 4.69) is 4.90 Å². The van der Waals surface area contributed by atoms with Crippen LogP contribution in [0.25, 0.3) is 11.3 Å². The molecule has 2 fully saturated rings. The molecule has 0 unspecified atom stereocenters. The number of thiazole rings is 1. The number of rotatable bonds is 5. The first-order valence-corrected chi connectivity index (χ1v) is 12.4. The van der Waals surface area contributed by atoms with E-state index in [1.54, 1.807) is 16.8 Å². The lowest BCUT2D eigenvalue weighted by atomic mass is 9.98. The Morgan fingerprint density at radius 3 is 2.42 bits per heavy atom. The van der Waals surface area contributed by atoms with Gasteiger partial charge in [-0.25, -0.2) is 18.9 Å². The predicted octanol–water partition coefficient (Wildman–Crippen LogP) is 1.62. The quantitative estimate of drug-likeness (QED) is 0.509. The molecule has 2 aliphatic rings. The van der Waals surface area contributed by atoms with Crippen LogP contribution in [0, 0.1) is 6.92 Å². The highest BCUT2D eigenvalue weighted by Gasteiger charge is 2.54. The second kappa shape index (κ2) is 8.83. The zero-order chi connectivity index (χ0) is 22.1. The zero-order valence-electron chi connectivity index (χ0n) is 17.3. The molecule has 0 saturated carbocycles. The lowest BCUT2D eigenvalue weighted by Gasteiger charge is -2.41. The topological polar surface area (TPSA) is 112 Å². The number of carbonyl (C=O) groups is 1. The monoisotopic (exact) mass is 466 g/mol. The summed E-state index contributed by atoms with van der Waals surface area (Å²) < 4.78 is 31.8. The minimum absolute atomic E-state index is 0.0219. The van der Waals surface area contributed by atoms with E-state index in [4.69, 9.17) is 9.72 Å². The third-order valence-electron chi connectivity index (χ3n) is 5.99. The first-order valence-electron chi connectivity index (χ1n) is 10.2. The summed E-state index contributed by atoms with van der Waals surface area (Å²) >= 11 is 1.59. The summed E-state index contributed by atoms with van der Waals surface area (Å²) in [5.74, 6) is -0.888. The molecule has 31 heavy (non-hydrogen) atoms. The maximum absolute atomic E-state index is 13.4. The summed E-state index contributed by atoms with van der Waals surface area (Å²) in [6.45, 7) is 3.82. The van der Waals surface area contributed by atoms with Crippen LogP contribution >= 0.6 is 11.3 Å². The van der Waals surface area contributed by atoms with Crippen LogP contribution in [0.3, 0.4) is 0 Å². The summed E-state index contributed by atoms with van der Waals surface area (Å²) in [6, 6.07) is 9.97. The van der Waals surface area contributed by atoms with Crippen molar-refractivity contribution in [3.05, 3.63) is 35.2 Å². The Labute approximate surface area is 185 Å². The molecule has 0 atom stereocenters. The van der Waals surface area contributed by atoms with Crippen molar-refractivity contribution in [3.63, 3.8) is 0 Å². The van der Waals surface area contributed by atoms with E-state index in [9.17, 15) is 18.4 Å². The number of amides is 1. The minimum atomic E-state index is -3.97. The molecule has 2 aromatic rings. The highest BCUT2D eigenvalue weighted by atomic mass is 32.2. The van der Waals surface area contributed by atoms with E-state index in [1.165, 1.54) is 4.31 Å². The van der Waals surface area contributed by atoms with Gasteiger partial charge in [-0.3, -0.25) is 10.0 Å². The molecule has 9 nitrogen and oxygen atoms in total. The third-order valence-corrected chi connectivity index (χ3v) is 9.65. The molecule has 4 rings (SSSR count).